The third kappa shape index (κ3) is 4.60. The molecule has 0 unspecified atom stereocenters. The zero-order chi connectivity index (χ0) is 15.9. The fraction of sp³-hybridized carbons (Fsp3) is 0.278. The van der Waals surface area contributed by atoms with Crippen LogP contribution in [-0.4, -0.2) is 25.0 Å². The maximum atomic E-state index is 12.2. The second-order valence-corrected chi connectivity index (χ2v) is 6.06. The quantitative estimate of drug-likeness (QED) is 0.776. The van der Waals surface area contributed by atoms with E-state index in [2.05, 4.69) is 15.9 Å². The number of halogens is 1. The molecule has 22 heavy (non-hydrogen) atoms. The molecule has 0 saturated carbocycles. The lowest BCUT2D eigenvalue weighted by Gasteiger charge is -2.17. The molecule has 0 N–H and O–H groups in total. The number of carbonyl (C=O) groups is 1. The van der Waals surface area contributed by atoms with Crippen LogP contribution in [0.1, 0.15) is 17.5 Å². The molecule has 4 heteroatoms. The van der Waals surface area contributed by atoms with Gasteiger partial charge in [-0.15, -0.1) is 0 Å². The van der Waals surface area contributed by atoms with E-state index in [1.165, 1.54) is 0 Å². The number of rotatable bonds is 6. The van der Waals surface area contributed by atoms with Gasteiger partial charge in [0.25, 0.3) is 0 Å². The number of methoxy groups -OCH3 is 1. The minimum absolute atomic E-state index is 0.149. The first-order valence-corrected chi connectivity index (χ1v) is 7.99. The van der Waals surface area contributed by atoms with Gasteiger partial charge in [-0.25, -0.2) is 0 Å². The molecule has 0 radical (unpaired) electrons. The van der Waals surface area contributed by atoms with Gasteiger partial charge in [0.15, 0.2) is 0 Å². The van der Waals surface area contributed by atoms with Gasteiger partial charge in [0, 0.05) is 20.0 Å². The van der Waals surface area contributed by atoms with Crippen LogP contribution in [0.15, 0.2) is 53.0 Å². The van der Waals surface area contributed by atoms with E-state index < -0.39 is 0 Å². The minimum Gasteiger partial charge on any atom is -0.496 e. The van der Waals surface area contributed by atoms with E-state index in [9.17, 15) is 4.79 Å². The van der Waals surface area contributed by atoms with Crippen LogP contribution in [0.2, 0.25) is 0 Å². The molecular formula is C18H20BrNO2. The summed E-state index contributed by atoms with van der Waals surface area (Å²) in [5.74, 6) is 0.951. The van der Waals surface area contributed by atoms with Crippen LogP contribution in [0.5, 0.6) is 5.75 Å². The molecule has 0 heterocycles. The number of carbonyl (C=O) groups excluding carboxylic acids is 1. The Morgan fingerprint density at radius 2 is 1.86 bits per heavy atom. The van der Waals surface area contributed by atoms with Crippen molar-refractivity contribution in [2.24, 2.45) is 0 Å². The van der Waals surface area contributed by atoms with Crippen molar-refractivity contribution in [3.8, 4) is 5.75 Å². The molecule has 3 nitrogen and oxygen atoms in total. The van der Waals surface area contributed by atoms with Gasteiger partial charge in [-0.05, 0) is 45.6 Å². The van der Waals surface area contributed by atoms with Gasteiger partial charge in [0.1, 0.15) is 5.75 Å². The topological polar surface area (TPSA) is 29.5 Å². The molecular weight excluding hydrogens is 342 g/mol. The molecule has 0 atom stereocenters. The largest absolute Gasteiger partial charge is 0.496 e. The monoisotopic (exact) mass is 361 g/mol. The van der Waals surface area contributed by atoms with Crippen molar-refractivity contribution in [2.45, 2.75) is 19.4 Å². The summed E-state index contributed by atoms with van der Waals surface area (Å²) in [4.78, 5) is 14.0. The molecule has 1 amide bonds. The molecule has 0 spiro atoms. The number of amides is 1. The summed E-state index contributed by atoms with van der Waals surface area (Å²) < 4.78 is 6.12. The Morgan fingerprint density at radius 1 is 1.14 bits per heavy atom. The van der Waals surface area contributed by atoms with Gasteiger partial charge in [0.2, 0.25) is 5.91 Å². The average molecular weight is 362 g/mol. The van der Waals surface area contributed by atoms with Gasteiger partial charge in [0.05, 0.1) is 11.6 Å². The van der Waals surface area contributed by atoms with Crippen LogP contribution in [0.25, 0.3) is 0 Å². The van der Waals surface area contributed by atoms with Crippen LogP contribution < -0.4 is 4.74 Å². The van der Waals surface area contributed by atoms with Gasteiger partial charge in [-0.3, -0.25) is 4.79 Å². The number of aryl methyl sites for hydroxylation is 1. The first kappa shape index (κ1) is 16.6. The van der Waals surface area contributed by atoms with Crippen LogP contribution in [-0.2, 0) is 17.8 Å². The van der Waals surface area contributed by atoms with Crippen molar-refractivity contribution in [3.05, 3.63) is 64.1 Å². The Hall–Kier alpha value is -1.81. The molecule has 0 aliphatic carbocycles. The predicted molar refractivity (Wildman–Crippen MR) is 91.9 cm³/mol. The third-order valence-corrected chi connectivity index (χ3v) is 4.15. The molecule has 2 aromatic rings. The van der Waals surface area contributed by atoms with Crippen molar-refractivity contribution >= 4 is 21.8 Å². The van der Waals surface area contributed by atoms with Crippen molar-refractivity contribution in [1.82, 2.24) is 4.90 Å². The van der Waals surface area contributed by atoms with E-state index in [-0.39, 0.29) is 5.91 Å². The Labute approximate surface area is 140 Å². The van der Waals surface area contributed by atoms with Crippen molar-refractivity contribution < 1.29 is 9.53 Å². The molecule has 116 valence electrons. The molecule has 0 bridgehead atoms. The predicted octanol–water partition coefficient (Wildman–Crippen LogP) is 4.05. The molecule has 0 aliphatic heterocycles. The summed E-state index contributed by atoms with van der Waals surface area (Å²) in [6, 6.07) is 15.9. The highest BCUT2D eigenvalue weighted by Gasteiger charge is 2.10. The second kappa shape index (κ2) is 7.99. The Kier molecular flexibility index (Phi) is 6.01. The summed E-state index contributed by atoms with van der Waals surface area (Å²) in [6.07, 6.45) is 1.22. The zero-order valence-electron chi connectivity index (χ0n) is 12.9. The summed E-state index contributed by atoms with van der Waals surface area (Å²) >= 11 is 3.47. The minimum atomic E-state index is 0.149. The lowest BCUT2D eigenvalue weighted by Crippen LogP contribution is -2.26. The summed E-state index contributed by atoms with van der Waals surface area (Å²) in [7, 11) is 3.49. The summed E-state index contributed by atoms with van der Waals surface area (Å²) in [5, 5.41) is 0. The highest BCUT2D eigenvalue weighted by atomic mass is 79.9. The maximum absolute atomic E-state index is 12.2. The fourth-order valence-corrected chi connectivity index (χ4v) is 2.84. The highest BCUT2D eigenvalue weighted by molar-refractivity contribution is 9.10. The SMILES string of the molecule is COc1ccc(CCC(=O)N(C)Cc2ccccc2)cc1Br. The smallest absolute Gasteiger partial charge is 0.222 e. The summed E-state index contributed by atoms with van der Waals surface area (Å²) in [5.41, 5.74) is 2.26. The van der Waals surface area contributed by atoms with Crippen molar-refractivity contribution in [1.29, 1.82) is 0 Å². The van der Waals surface area contributed by atoms with Gasteiger partial charge in [-0.2, -0.15) is 0 Å². The van der Waals surface area contributed by atoms with E-state index in [1.807, 2.05) is 55.6 Å². The number of ether oxygens (including phenoxy) is 1. The average Bonchev–Trinajstić information content (AvgIpc) is 2.53. The number of hydrogen-bond acceptors (Lipinski definition) is 2. The van der Waals surface area contributed by atoms with Crippen LogP contribution in [0.3, 0.4) is 0 Å². The van der Waals surface area contributed by atoms with Crippen molar-refractivity contribution in [2.75, 3.05) is 14.2 Å². The van der Waals surface area contributed by atoms with E-state index in [0.29, 0.717) is 13.0 Å². The molecule has 0 fully saturated rings. The summed E-state index contributed by atoms with van der Waals surface area (Å²) in [6.45, 7) is 0.645. The highest BCUT2D eigenvalue weighted by Crippen LogP contribution is 2.26. The second-order valence-electron chi connectivity index (χ2n) is 5.20. The zero-order valence-corrected chi connectivity index (χ0v) is 14.5. The number of benzene rings is 2. The first-order chi connectivity index (χ1) is 10.6. The normalized spacial score (nSPS) is 10.3. The van der Waals surface area contributed by atoms with Gasteiger partial charge in [-0.1, -0.05) is 36.4 Å². The van der Waals surface area contributed by atoms with E-state index in [1.54, 1.807) is 12.0 Å². The van der Waals surface area contributed by atoms with Crippen LogP contribution >= 0.6 is 15.9 Å². The molecule has 2 rings (SSSR count). The van der Waals surface area contributed by atoms with Gasteiger partial charge < -0.3 is 9.64 Å². The third-order valence-electron chi connectivity index (χ3n) is 3.53. The number of hydrogen-bond donors (Lipinski definition) is 0. The van der Waals surface area contributed by atoms with E-state index >= 15 is 0 Å². The first-order valence-electron chi connectivity index (χ1n) is 7.20. The Morgan fingerprint density at radius 3 is 2.50 bits per heavy atom. The Bertz CT molecular complexity index is 628. The van der Waals surface area contributed by atoms with Crippen LogP contribution in [0, 0.1) is 0 Å². The number of nitrogens with zero attached hydrogens (tertiary/aromatic N) is 1. The lowest BCUT2D eigenvalue weighted by molar-refractivity contribution is -0.130. The lowest BCUT2D eigenvalue weighted by atomic mass is 10.1. The van der Waals surface area contributed by atoms with Gasteiger partial charge >= 0.3 is 0 Å². The maximum Gasteiger partial charge on any atom is 0.222 e. The van der Waals surface area contributed by atoms with E-state index in [4.69, 9.17) is 4.74 Å². The van der Waals surface area contributed by atoms with Crippen molar-refractivity contribution in [3.63, 3.8) is 0 Å². The standard InChI is InChI=1S/C18H20BrNO2/c1-20(13-15-6-4-3-5-7-15)18(21)11-9-14-8-10-17(22-2)16(19)12-14/h3-8,10,12H,9,11,13H2,1-2H3. The molecule has 0 aliphatic rings. The molecule has 0 aromatic heterocycles. The van der Waals surface area contributed by atoms with Crippen LogP contribution in [0.4, 0.5) is 0 Å². The molecule has 2 aromatic carbocycles. The Balaban J connectivity index is 1.88. The van der Waals surface area contributed by atoms with E-state index in [0.717, 1.165) is 27.8 Å². The fourth-order valence-electron chi connectivity index (χ4n) is 2.25. The molecule has 0 saturated heterocycles.